The zero-order valence-corrected chi connectivity index (χ0v) is 23.5. The molecule has 0 bridgehead atoms. The molecule has 0 radical (unpaired) electrons. The number of nitrogens with one attached hydrogen (secondary N) is 1. The number of rotatable bonds is 5. The molecular formula is C31H34N2O5S. The second-order valence-electron chi connectivity index (χ2n) is 11.8. The highest BCUT2D eigenvalue weighted by molar-refractivity contribution is 7.90. The van der Waals surface area contributed by atoms with Crippen LogP contribution in [0.15, 0.2) is 71.6 Å². The van der Waals surface area contributed by atoms with Gasteiger partial charge in [-0.3, -0.25) is 9.59 Å². The van der Waals surface area contributed by atoms with Crippen molar-refractivity contribution in [1.82, 2.24) is 4.90 Å². The lowest BCUT2D eigenvalue weighted by molar-refractivity contribution is -0.135. The monoisotopic (exact) mass is 546 g/mol. The Morgan fingerprint density at radius 1 is 1.05 bits per heavy atom. The number of aliphatic hydroxyl groups excluding tert-OH is 1. The molecule has 2 unspecified atom stereocenters. The van der Waals surface area contributed by atoms with E-state index in [1.54, 1.807) is 18.2 Å². The van der Waals surface area contributed by atoms with E-state index >= 15 is 0 Å². The summed E-state index contributed by atoms with van der Waals surface area (Å²) in [6.45, 7) is 6.15. The molecule has 2 aliphatic heterocycles. The average molecular weight is 547 g/mol. The highest BCUT2D eigenvalue weighted by atomic mass is 32.2. The van der Waals surface area contributed by atoms with Gasteiger partial charge in [0.05, 0.1) is 17.5 Å². The summed E-state index contributed by atoms with van der Waals surface area (Å²) in [5.74, 6) is -0.115. The van der Waals surface area contributed by atoms with Crippen LogP contribution in [-0.2, 0) is 31.4 Å². The molecule has 0 aromatic heterocycles. The molecule has 2 heterocycles. The van der Waals surface area contributed by atoms with Gasteiger partial charge in [-0.1, -0.05) is 69.3 Å². The molecule has 204 valence electrons. The van der Waals surface area contributed by atoms with Crippen LogP contribution in [-0.4, -0.2) is 43.0 Å². The molecule has 2 amide bonds. The normalized spacial score (nSPS) is 20.8. The number of carbonyl (C=O) groups is 2. The summed E-state index contributed by atoms with van der Waals surface area (Å²) in [6, 6.07) is 19.8. The molecule has 2 N–H and O–H groups in total. The molecule has 2 aliphatic rings. The molecule has 0 saturated carbocycles. The van der Waals surface area contributed by atoms with E-state index in [0.717, 1.165) is 28.6 Å². The number of amides is 2. The van der Waals surface area contributed by atoms with Crippen molar-refractivity contribution in [2.24, 2.45) is 5.41 Å². The topological polar surface area (TPSA) is 104 Å². The average Bonchev–Trinajstić information content (AvgIpc) is 3.41. The predicted molar refractivity (Wildman–Crippen MR) is 151 cm³/mol. The van der Waals surface area contributed by atoms with E-state index in [1.165, 1.54) is 0 Å². The maximum atomic E-state index is 13.7. The number of sulfone groups is 1. The zero-order valence-electron chi connectivity index (χ0n) is 22.7. The van der Waals surface area contributed by atoms with Crippen LogP contribution < -0.4 is 5.32 Å². The van der Waals surface area contributed by atoms with Gasteiger partial charge in [0, 0.05) is 24.9 Å². The maximum Gasteiger partial charge on any atom is 0.237 e. The molecule has 3 aromatic rings. The molecule has 2 atom stereocenters. The molecule has 1 saturated heterocycles. The summed E-state index contributed by atoms with van der Waals surface area (Å²) in [5, 5.41) is 12.7. The second kappa shape index (κ2) is 9.61. The molecule has 5 rings (SSSR count). The Balaban J connectivity index is 1.66. The number of nitrogens with zero attached hydrogens (tertiary/aromatic N) is 1. The summed E-state index contributed by atoms with van der Waals surface area (Å²) >= 11 is 0. The number of aliphatic hydroxyl groups is 1. The third-order valence-electron chi connectivity index (χ3n) is 7.76. The maximum absolute atomic E-state index is 13.7. The van der Waals surface area contributed by atoms with E-state index in [1.807, 2.05) is 74.2 Å². The number of carbonyl (C=O) groups excluding carboxylic acids is 2. The van der Waals surface area contributed by atoms with Crippen molar-refractivity contribution < 1.29 is 23.1 Å². The minimum atomic E-state index is -3.56. The number of anilines is 1. The Morgan fingerprint density at radius 2 is 1.77 bits per heavy atom. The Morgan fingerprint density at radius 3 is 2.46 bits per heavy atom. The summed E-state index contributed by atoms with van der Waals surface area (Å²) in [7, 11) is -3.56. The Bertz CT molecular complexity index is 1570. The van der Waals surface area contributed by atoms with Crippen molar-refractivity contribution >= 4 is 27.3 Å². The van der Waals surface area contributed by atoms with Gasteiger partial charge in [0.2, 0.25) is 11.8 Å². The van der Waals surface area contributed by atoms with E-state index in [-0.39, 0.29) is 28.7 Å². The third kappa shape index (κ3) is 4.76. The Labute approximate surface area is 229 Å². The highest BCUT2D eigenvalue weighted by Crippen LogP contribution is 2.55. The second-order valence-corrected chi connectivity index (χ2v) is 13.8. The van der Waals surface area contributed by atoms with Crippen LogP contribution in [0.4, 0.5) is 5.69 Å². The molecule has 39 heavy (non-hydrogen) atoms. The zero-order chi connectivity index (χ0) is 28.2. The van der Waals surface area contributed by atoms with E-state index in [9.17, 15) is 23.1 Å². The SMILES string of the molecule is CC(C)(C)CC(=O)N1CCC2(C(=O)Nc3ccccc32)C1c1cccc(-c2ccc(CO)c(S(C)(=O)=O)c2)c1. The summed E-state index contributed by atoms with van der Waals surface area (Å²) in [6.07, 6.45) is 1.98. The first kappa shape index (κ1) is 27.1. The highest BCUT2D eigenvalue weighted by Gasteiger charge is 2.59. The van der Waals surface area contributed by atoms with Crippen molar-refractivity contribution in [3.63, 3.8) is 0 Å². The van der Waals surface area contributed by atoms with Crippen molar-refractivity contribution in [2.75, 3.05) is 18.1 Å². The van der Waals surface area contributed by atoms with Crippen molar-refractivity contribution in [3.05, 3.63) is 83.4 Å². The standard InChI is InChI=1S/C31H34N2O5S/c1-30(2,3)18-27(35)33-15-14-31(24-10-5-6-11-25(24)32-29(31)36)28(33)22-9-7-8-20(16-22)21-12-13-23(19-34)26(17-21)39(4,37)38/h5-13,16-17,28,34H,14-15,18-19H2,1-4H3,(H,32,36). The molecule has 1 spiro atoms. The fourth-order valence-electron chi connectivity index (χ4n) is 6.07. The van der Waals surface area contributed by atoms with Gasteiger partial charge in [-0.05, 0) is 57.9 Å². The van der Waals surface area contributed by atoms with Crippen molar-refractivity contribution in [3.8, 4) is 11.1 Å². The molecular weight excluding hydrogens is 512 g/mol. The molecule has 1 fully saturated rings. The smallest absolute Gasteiger partial charge is 0.237 e. The van der Waals surface area contributed by atoms with E-state index in [4.69, 9.17) is 0 Å². The van der Waals surface area contributed by atoms with Gasteiger partial charge in [-0.25, -0.2) is 8.42 Å². The lowest BCUT2D eigenvalue weighted by atomic mass is 9.72. The van der Waals surface area contributed by atoms with Gasteiger partial charge >= 0.3 is 0 Å². The first-order chi connectivity index (χ1) is 18.3. The van der Waals surface area contributed by atoms with E-state index < -0.39 is 21.3 Å². The summed E-state index contributed by atoms with van der Waals surface area (Å²) < 4.78 is 24.9. The Hall–Kier alpha value is -3.49. The minimum Gasteiger partial charge on any atom is -0.392 e. The van der Waals surface area contributed by atoms with E-state index in [0.29, 0.717) is 30.5 Å². The van der Waals surface area contributed by atoms with E-state index in [2.05, 4.69) is 5.32 Å². The predicted octanol–water partition coefficient (Wildman–Crippen LogP) is 4.85. The minimum absolute atomic E-state index is 0.00128. The van der Waals surface area contributed by atoms with Gasteiger partial charge in [-0.15, -0.1) is 0 Å². The van der Waals surface area contributed by atoms with Crippen LogP contribution in [0.1, 0.15) is 56.3 Å². The van der Waals surface area contributed by atoms with Crippen molar-refractivity contribution in [2.45, 2.75) is 56.6 Å². The molecule has 8 heteroatoms. The van der Waals surface area contributed by atoms with Gasteiger partial charge in [0.1, 0.15) is 5.41 Å². The largest absolute Gasteiger partial charge is 0.392 e. The van der Waals surface area contributed by atoms with Crippen LogP contribution in [0.3, 0.4) is 0 Å². The van der Waals surface area contributed by atoms with Gasteiger partial charge < -0.3 is 15.3 Å². The van der Waals surface area contributed by atoms with Crippen LogP contribution in [0.2, 0.25) is 0 Å². The fraction of sp³-hybridized carbons (Fsp3) is 0.355. The number of hydrogen-bond donors (Lipinski definition) is 2. The Kier molecular flexibility index (Phi) is 6.67. The molecule has 7 nitrogen and oxygen atoms in total. The quantitative estimate of drug-likeness (QED) is 0.476. The molecule has 3 aromatic carbocycles. The number of benzene rings is 3. The first-order valence-electron chi connectivity index (χ1n) is 13.1. The lowest BCUT2D eigenvalue weighted by Crippen LogP contribution is -2.43. The first-order valence-corrected chi connectivity index (χ1v) is 15.0. The van der Waals surface area contributed by atoms with Crippen molar-refractivity contribution in [1.29, 1.82) is 0 Å². The van der Waals surface area contributed by atoms with Gasteiger partial charge in [-0.2, -0.15) is 0 Å². The number of para-hydroxylation sites is 1. The van der Waals surface area contributed by atoms with Crippen LogP contribution in [0, 0.1) is 5.41 Å². The summed E-state index contributed by atoms with van der Waals surface area (Å²) in [4.78, 5) is 29.4. The van der Waals surface area contributed by atoms with Crippen LogP contribution in [0.5, 0.6) is 0 Å². The van der Waals surface area contributed by atoms with Gasteiger partial charge in [0.25, 0.3) is 0 Å². The fourth-order valence-corrected chi connectivity index (χ4v) is 7.02. The lowest BCUT2D eigenvalue weighted by Gasteiger charge is -2.35. The number of hydrogen-bond acceptors (Lipinski definition) is 5. The number of likely N-dealkylation sites (tertiary alicyclic amines) is 1. The molecule has 0 aliphatic carbocycles. The van der Waals surface area contributed by atoms with Gasteiger partial charge in [0.15, 0.2) is 9.84 Å². The van der Waals surface area contributed by atoms with Crippen LogP contribution in [0.25, 0.3) is 11.1 Å². The number of fused-ring (bicyclic) bond motifs is 2. The summed E-state index contributed by atoms with van der Waals surface area (Å²) in [5.41, 5.74) is 3.10. The third-order valence-corrected chi connectivity index (χ3v) is 8.94. The van der Waals surface area contributed by atoms with Crippen LogP contribution >= 0.6 is 0 Å².